The molecule has 0 radical (unpaired) electrons. The van der Waals surface area contributed by atoms with E-state index in [-0.39, 0.29) is 5.92 Å². The Kier molecular flexibility index (Phi) is 7.02. The van der Waals surface area contributed by atoms with Gasteiger partial charge in [0.2, 0.25) is 0 Å². The second-order valence-electron chi connectivity index (χ2n) is 7.73. The first-order valence-electron chi connectivity index (χ1n) is 8.65. The van der Waals surface area contributed by atoms with Gasteiger partial charge >= 0.3 is 35.8 Å². The van der Waals surface area contributed by atoms with Gasteiger partial charge in [0.25, 0.3) is 0 Å². The highest BCUT2D eigenvalue weighted by Gasteiger charge is 2.90. The van der Waals surface area contributed by atoms with Gasteiger partial charge in [-0.25, -0.2) is 0 Å². The Balaban J connectivity index is 3.46. The van der Waals surface area contributed by atoms with Crippen molar-refractivity contribution in [3.05, 3.63) is 35.4 Å². The molecule has 32 heavy (non-hydrogen) atoms. The molecule has 0 bridgehead atoms. The lowest BCUT2D eigenvalue weighted by molar-refractivity contribution is -0.441. The molecule has 1 unspecified atom stereocenters. The minimum Gasteiger partial charge on any atom is -0.385 e. The lowest BCUT2D eigenvalue weighted by Crippen LogP contribution is -2.70. The zero-order valence-corrected chi connectivity index (χ0v) is 16.5. The first-order chi connectivity index (χ1) is 13.9. The topological polar surface area (TPSA) is 20.2 Å². The molecule has 0 heterocycles. The highest BCUT2D eigenvalue weighted by Crippen LogP contribution is 2.61. The van der Waals surface area contributed by atoms with Gasteiger partial charge in [0.15, 0.2) is 0 Å². The third-order valence-corrected chi connectivity index (χ3v) is 4.74. The van der Waals surface area contributed by atoms with Crippen LogP contribution in [-0.2, 0) is 5.60 Å². The average Bonchev–Trinajstić information content (AvgIpc) is 2.59. The maximum atomic E-state index is 14.1. The Morgan fingerprint density at radius 2 is 1.16 bits per heavy atom. The largest absolute Gasteiger partial charge is 0.460 e. The van der Waals surface area contributed by atoms with Crippen molar-refractivity contribution in [2.24, 2.45) is 0 Å². The number of rotatable bonds is 8. The molecule has 1 aromatic carbocycles. The predicted octanol–water partition coefficient (Wildman–Crippen LogP) is 7.15. The van der Waals surface area contributed by atoms with E-state index in [1.165, 1.54) is 12.1 Å². The lowest BCUT2D eigenvalue weighted by atomic mass is 9.83. The molecular weight excluding hydrogens is 479 g/mol. The fraction of sp³-hybridized carbons (Fsp3) is 0.667. The van der Waals surface area contributed by atoms with Crippen LogP contribution >= 0.6 is 0 Å². The molecule has 0 aliphatic heterocycles. The number of hydrogen-bond donors (Lipinski definition) is 1. The molecule has 1 rings (SSSR count). The van der Waals surface area contributed by atoms with Crippen molar-refractivity contribution in [3.63, 3.8) is 0 Å². The molecule has 1 aromatic rings. The zero-order valence-electron chi connectivity index (χ0n) is 16.5. The van der Waals surface area contributed by atoms with Crippen molar-refractivity contribution in [2.75, 3.05) is 0 Å². The third kappa shape index (κ3) is 4.38. The van der Waals surface area contributed by atoms with Gasteiger partial charge in [0, 0.05) is 0 Å². The van der Waals surface area contributed by atoms with E-state index in [4.69, 9.17) is 0 Å². The van der Waals surface area contributed by atoms with Crippen LogP contribution in [0.5, 0.6) is 0 Å². The Labute approximate surface area is 173 Å². The Hall–Kier alpha value is -1.73. The van der Waals surface area contributed by atoms with Gasteiger partial charge < -0.3 is 5.11 Å². The first-order valence-corrected chi connectivity index (χ1v) is 8.65. The van der Waals surface area contributed by atoms with Gasteiger partial charge in [-0.15, -0.1) is 0 Å². The maximum absolute atomic E-state index is 14.1. The van der Waals surface area contributed by atoms with Crippen molar-refractivity contribution in [2.45, 2.75) is 74.5 Å². The number of alkyl halides is 13. The van der Waals surface area contributed by atoms with Crippen molar-refractivity contribution in [1.29, 1.82) is 0 Å². The van der Waals surface area contributed by atoms with E-state index < -0.39 is 53.4 Å². The van der Waals surface area contributed by atoms with E-state index in [9.17, 15) is 62.2 Å². The zero-order chi connectivity index (χ0) is 25.8. The van der Waals surface area contributed by atoms with Gasteiger partial charge in [-0.3, -0.25) is 0 Å². The van der Waals surface area contributed by atoms with Crippen LogP contribution in [0, 0.1) is 0 Å². The Morgan fingerprint density at radius 3 is 1.56 bits per heavy atom. The molecule has 14 heteroatoms. The maximum Gasteiger partial charge on any atom is 0.460 e. The Bertz CT molecular complexity index is 809. The molecule has 1 nitrogen and oxygen atoms in total. The fourth-order valence-electron chi connectivity index (χ4n) is 2.68. The van der Waals surface area contributed by atoms with Gasteiger partial charge in [-0.2, -0.15) is 57.1 Å². The fourth-order valence-corrected chi connectivity index (χ4v) is 2.68. The SMILES string of the molecule is CC(C)c1cccc(C(C)(O)CC(F)(F)C(F)(F)C(F)(F)C(F)(F)C(F)(F)C(F)(F)F)c1. The van der Waals surface area contributed by atoms with Crippen molar-refractivity contribution in [3.8, 4) is 0 Å². The molecule has 0 spiro atoms. The molecule has 0 aliphatic carbocycles. The summed E-state index contributed by atoms with van der Waals surface area (Å²) in [6.07, 6.45) is -10.2. The smallest absolute Gasteiger partial charge is 0.385 e. The second-order valence-corrected chi connectivity index (χ2v) is 7.73. The highest BCUT2D eigenvalue weighted by molar-refractivity contribution is 5.30. The standard InChI is InChI=1S/C18H17F13O/c1-9(2)10-5-4-6-11(7-10)12(3,32)8-13(19,20)14(21,22)15(23,24)16(25,26)17(27,28)18(29,30)31/h4-7,9,32H,8H2,1-3H3. The summed E-state index contributed by atoms with van der Waals surface area (Å²) in [6.45, 7) is 3.62. The summed E-state index contributed by atoms with van der Waals surface area (Å²) in [5.74, 6) is -37.7. The van der Waals surface area contributed by atoms with Crippen LogP contribution in [0.15, 0.2) is 24.3 Å². The Morgan fingerprint density at radius 1 is 0.719 bits per heavy atom. The molecule has 186 valence electrons. The molecule has 0 aliphatic rings. The van der Waals surface area contributed by atoms with Crippen LogP contribution in [0.25, 0.3) is 0 Å². The molecule has 0 saturated carbocycles. The average molecular weight is 496 g/mol. The minimum atomic E-state index is -7.96. The molecular formula is C18H17F13O. The van der Waals surface area contributed by atoms with Gasteiger partial charge in [-0.1, -0.05) is 38.1 Å². The molecule has 1 atom stereocenters. The number of aliphatic hydroxyl groups is 1. The van der Waals surface area contributed by atoms with E-state index in [2.05, 4.69) is 0 Å². The third-order valence-electron chi connectivity index (χ3n) is 4.74. The summed E-state index contributed by atoms with van der Waals surface area (Å²) in [5, 5.41) is 10.2. The molecule has 0 aromatic heterocycles. The van der Waals surface area contributed by atoms with E-state index in [1.54, 1.807) is 13.8 Å². The first kappa shape index (κ1) is 28.3. The van der Waals surface area contributed by atoms with E-state index >= 15 is 0 Å². The summed E-state index contributed by atoms with van der Waals surface area (Å²) >= 11 is 0. The molecule has 1 N–H and O–H groups in total. The second kappa shape index (κ2) is 7.94. The van der Waals surface area contributed by atoms with Gasteiger partial charge in [-0.05, 0) is 24.0 Å². The molecule has 0 saturated heterocycles. The van der Waals surface area contributed by atoms with Gasteiger partial charge in [0.05, 0.1) is 12.0 Å². The summed E-state index contributed by atoms with van der Waals surface area (Å²) in [7, 11) is 0. The van der Waals surface area contributed by atoms with Crippen LogP contribution in [0.1, 0.15) is 44.2 Å². The number of benzene rings is 1. The van der Waals surface area contributed by atoms with Crippen LogP contribution in [0.3, 0.4) is 0 Å². The number of hydrogen-bond acceptors (Lipinski definition) is 1. The number of halogens is 13. The van der Waals surface area contributed by atoms with Crippen molar-refractivity contribution in [1.82, 2.24) is 0 Å². The highest BCUT2D eigenvalue weighted by atomic mass is 19.4. The molecule has 0 amide bonds. The quantitative estimate of drug-likeness (QED) is 0.379. The van der Waals surface area contributed by atoms with Crippen LogP contribution < -0.4 is 0 Å². The summed E-state index contributed by atoms with van der Waals surface area (Å²) < 4.78 is 172. The lowest BCUT2D eigenvalue weighted by Gasteiger charge is -2.41. The van der Waals surface area contributed by atoms with E-state index in [0.29, 0.717) is 12.5 Å². The van der Waals surface area contributed by atoms with Crippen LogP contribution in [0.4, 0.5) is 57.1 Å². The predicted molar refractivity (Wildman–Crippen MR) is 85.5 cm³/mol. The van der Waals surface area contributed by atoms with E-state index in [1.807, 2.05) is 0 Å². The van der Waals surface area contributed by atoms with Crippen molar-refractivity contribution >= 4 is 0 Å². The summed E-state index contributed by atoms with van der Waals surface area (Å²) in [5.41, 5.74) is -3.29. The minimum absolute atomic E-state index is 0.291. The van der Waals surface area contributed by atoms with Crippen LogP contribution in [-0.4, -0.2) is 40.9 Å². The van der Waals surface area contributed by atoms with E-state index in [0.717, 1.165) is 12.1 Å². The van der Waals surface area contributed by atoms with Crippen molar-refractivity contribution < 1.29 is 62.2 Å². The van der Waals surface area contributed by atoms with Gasteiger partial charge in [0.1, 0.15) is 0 Å². The summed E-state index contributed by atoms with van der Waals surface area (Å²) in [6, 6.07) is 4.51. The summed E-state index contributed by atoms with van der Waals surface area (Å²) in [4.78, 5) is 0. The molecule has 0 fully saturated rings. The monoisotopic (exact) mass is 496 g/mol. The van der Waals surface area contributed by atoms with Crippen LogP contribution in [0.2, 0.25) is 0 Å². The normalized spacial score (nSPS) is 16.9.